The third-order valence-electron chi connectivity index (χ3n) is 6.04. The molecule has 0 aliphatic carbocycles. The summed E-state index contributed by atoms with van der Waals surface area (Å²) in [6.07, 6.45) is 0. The molecule has 4 heteroatoms. The molecule has 4 nitrogen and oxygen atoms in total. The van der Waals surface area contributed by atoms with Crippen molar-refractivity contribution < 1.29 is 18.9 Å². The van der Waals surface area contributed by atoms with Gasteiger partial charge in [0.15, 0.2) is 0 Å². The van der Waals surface area contributed by atoms with Crippen molar-refractivity contribution in [3.8, 4) is 57.1 Å². The molecule has 0 spiro atoms. The molecule has 0 unspecified atom stereocenters. The summed E-state index contributed by atoms with van der Waals surface area (Å²) < 4.78 is 24.3. The van der Waals surface area contributed by atoms with Gasteiger partial charge in [-0.1, -0.05) is 72.8 Å². The molecule has 40 heavy (non-hydrogen) atoms. The first-order valence-corrected chi connectivity index (χ1v) is 13.0. The quantitative estimate of drug-likeness (QED) is 0.189. The summed E-state index contributed by atoms with van der Waals surface area (Å²) >= 11 is 0. The summed E-state index contributed by atoms with van der Waals surface area (Å²) in [5.41, 5.74) is 2.03. The van der Waals surface area contributed by atoms with Crippen LogP contribution in [0.15, 0.2) is 158 Å². The van der Waals surface area contributed by atoms with Gasteiger partial charge in [-0.05, 0) is 83.9 Å². The van der Waals surface area contributed by atoms with E-state index in [0.717, 1.165) is 34.1 Å². The summed E-state index contributed by atoms with van der Waals surface area (Å²) in [5, 5.41) is 0. The van der Waals surface area contributed by atoms with Crippen LogP contribution < -0.4 is 18.9 Å². The fourth-order valence-electron chi connectivity index (χ4n) is 4.20. The molecule has 0 amide bonds. The van der Waals surface area contributed by atoms with E-state index in [1.165, 1.54) is 0 Å². The third-order valence-corrected chi connectivity index (χ3v) is 6.04. The first-order valence-electron chi connectivity index (χ1n) is 13.0. The van der Waals surface area contributed by atoms with Crippen LogP contribution in [-0.4, -0.2) is 0 Å². The van der Waals surface area contributed by atoms with Crippen molar-refractivity contribution in [3.05, 3.63) is 158 Å². The van der Waals surface area contributed by atoms with Crippen LogP contribution >= 0.6 is 0 Å². The molecule has 0 N–H and O–H groups in total. The van der Waals surface area contributed by atoms with Crippen LogP contribution in [0.1, 0.15) is 0 Å². The second-order valence-corrected chi connectivity index (χ2v) is 9.04. The molecule has 0 radical (unpaired) electrons. The molecule has 194 valence electrons. The standard InChI is InChI=1S/C36H26O4/c1-3-13-29(14-4-1)37-33-19-9-21-35(25-33)39-31-17-7-11-27(23-31)28-12-8-18-32(24-28)40-36-22-10-20-34(26-36)38-30-15-5-2-6-16-30/h1-26H. The molecule has 0 atom stereocenters. The number of benzene rings is 6. The van der Waals surface area contributed by atoms with Crippen LogP contribution in [0.25, 0.3) is 11.1 Å². The van der Waals surface area contributed by atoms with E-state index in [9.17, 15) is 0 Å². The van der Waals surface area contributed by atoms with Crippen molar-refractivity contribution in [1.29, 1.82) is 0 Å². The van der Waals surface area contributed by atoms with Gasteiger partial charge in [-0.3, -0.25) is 0 Å². The molecule has 0 aliphatic rings. The highest BCUT2D eigenvalue weighted by atomic mass is 16.5. The lowest BCUT2D eigenvalue weighted by atomic mass is 10.1. The minimum atomic E-state index is 0.695. The van der Waals surface area contributed by atoms with Gasteiger partial charge >= 0.3 is 0 Å². The van der Waals surface area contributed by atoms with Gasteiger partial charge in [-0.2, -0.15) is 0 Å². The van der Waals surface area contributed by atoms with Crippen LogP contribution in [0.2, 0.25) is 0 Å². The third kappa shape index (κ3) is 6.50. The number of para-hydroxylation sites is 2. The lowest BCUT2D eigenvalue weighted by molar-refractivity contribution is 0.459. The Hall–Kier alpha value is -5.48. The van der Waals surface area contributed by atoms with Crippen LogP contribution in [0.4, 0.5) is 0 Å². The van der Waals surface area contributed by atoms with E-state index in [4.69, 9.17) is 18.9 Å². The summed E-state index contributed by atoms with van der Waals surface area (Å²) in [6.45, 7) is 0. The second kappa shape index (κ2) is 11.9. The lowest BCUT2D eigenvalue weighted by Gasteiger charge is -2.12. The number of ether oxygens (including phenoxy) is 4. The van der Waals surface area contributed by atoms with Gasteiger partial charge in [-0.25, -0.2) is 0 Å². The zero-order chi connectivity index (χ0) is 27.0. The van der Waals surface area contributed by atoms with E-state index in [0.29, 0.717) is 23.0 Å². The smallest absolute Gasteiger partial charge is 0.131 e. The fraction of sp³-hybridized carbons (Fsp3) is 0. The predicted octanol–water partition coefficient (Wildman–Crippen LogP) is 10.5. The van der Waals surface area contributed by atoms with Gasteiger partial charge in [0.05, 0.1) is 0 Å². The minimum absolute atomic E-state index is 0.695. The summed E-state index contributed by atoms with van der Waals surface area (Å²) in [4.78, 5) is 0. The van der Waals surface area contributed by atoms with E-state index in [-0.39, 0.29) is 0 Å². The topological polar surface area (TPSA) is 36.9 Å². The summed E-state index contributed by atoms with van der Waals surface area (Å²) in [5.74, 6) is 5.82. The van der Waals surface area contributed by atoms with Crippen LogP contribution in [0.3, 0.4) is 0 Å². The van der Waals surface area contributed by atoms with Gasteiger partial charge < -0.3 is 18.9 Å². The molecular formula is C36H26O4. The van der Waals surface area contributed by atoms with E-state index in [1.807, 2.05) is 146 Å². The molecule has 6 aromatic carbocycles. The Morgan fingerprint density at radius 1 is 0.225 bits per heavy atom. The van der Waals surface area contributed by atoms with Crippen LogP contribution in [-0.2, 0) is 0 Å². The summed E-state index contributed by atoms with van der Waals surface area (Å²) in [6, 6.07) is 50.6. The highest BCUT2D eigenvalue weighted by molar-refractivity contribution is 5.67. The second-order valence-electron chi connectivity index (χ2n) is 9.04. The maximum atomic E-state index is 6.18. The Kier molecular flexibility index (Phi) is 7.40. The predicted molar refractivity (Wildman–Crippen MR) is 158 cm³/mol. The van der Waals surface area contributed by atoms with Crippen LogP contribution in [0.5, 0.6) is 46.0 Å². The number of hydrogen-bond acceptors (Lipinski definition) is 4. The average molecular weight is 523 g/mol. The minimum Gasteiger partial charge on any atom is -0.457 e. The Balaban J connectivity index is 1.16. The van der Waals surface area contributed by atoms with Gasteiger partial charge in [0.2, 0.25) is 0 Å². The Morgan fingerprint density at radius 2 is 0.500 bits per heavy atom. The van der Waals surface area contributed by atoms with Gasteiger partial charge in [-0.15, -0.1) is 0 Å². The van der Waals surface area contributed by atoms with Gasteiger partial charge in [0, 0.05) is 12.1 Å². The van der Waals surface area contributed by atoms with Crippen molar-refractivity contribution in [2.24, 2.45) is 0 Å². The molecule has 0 aromatic heterocycles. The number of hydrogen-bond donors (Lipinski definition) is 0. The van der Waals surface area contributed by atoms with E-state index in [1.54, 1.807) is 0 Å². The maximum Gasteiger partial charge on any atom is 0.131 e. The molecule has 6 aromatic rings. The molecule has 0 aliphatic heterocycles. The zero-order valence-corrected chi connectivity index (χ0v) is 21.6. The van der Waals surface area contributed by atoms with Crippen molar-refractivity contribution >= 4 is 0 Å². The maximum absolute atomic E-state index is 6.18. The SMILES string of the molecule is c1ccc(Oc2cccc(Oc3cccc(-c4cccc(Oc5cccc(Oc6ccccc6)c5)c4)c3)c2)cc1. The highest BCUT2D eigenvalue weighted by Gasteiger charge is 2.07. The van der Waals surface area contributed by atoms with E-state index >= 15 is 0 Å². The molecular weight excluding hydrogens is 496 g/mol. The molecule has 0 saturated heterocycles. The van der Waals surface area contributed by atoms with Crippen LogP contribution in [0, 0.1) is 0 Å². The molecule has 0 fully saturated rings. The monoisotopic (exact) mass is 522 g/mol. The van der Waals surface area contributed by atoms with Crippen molar-refractivity contribution in [2.45, 2.75) is 0 Å². The van der Waals surface area contributed by atoms with E-state index < -0.39 is 0 Å². The van der Waals surface area contributed by atoms with Gasteiger partial charge in [0.25, 0.3) is 0 Å². The number of rotatable bonds is 9. The average Bonchev–Trinajstić information content (AvgIpc) is 2.99. The van der Waals surface area contributed by atoms with Crippen molar-refractivity contribution in [2.75, 3.05) is 0 Å². The highest BCUT2D eigenvalue weighted by Crippen LogP contribution is 2.33. The van der Waals surface area contributed by atoms with Crippen molar-refractivity contribution in [1.82, 2.24) is 0 Å². The normalized spacial score (nSPS) is 10.5. The fourth-order valence-corrected chi connectivity index (χ4v) is 4.20. The van der Waals surface area contributed by atoms with E-state index in [2.05, 4.69) is 12.1 Å². The lowest BCUT2D eigenvalue weighted by Crippen LogP contribution is -1.89. The Bertz CT molecular complexity index is 1570. The van der Waals surface area contributed by atoms with Crippen molar-refractivity contribution in [3.63, 3.8) is 0 Å². The van der Waals surface area contributed by atoms with Gasteiger partial charge in [0.1, 0.15) is 46.0 Å². The molecule has 0 heterocycles. The Morgan fingerprint density at radius 3 is 0.875 bits per heavy atom. The zero-order valence-electron chi connectivity index (χ0n) is 21.6. The largest absolute Gasteiger partial charge is 0.457 e. The molecule has 0 saturated carbocycles. The molecule has 0 bridgehead atoms. The first-order chi connectivity index (χ1) is 19.8. The summed E-state index contributed by atoms with van der Waals surface area (Å²) in [7, 11) is 0. The molecule has 6 rings (SSSR count). The first kappa shape index (κ1) is 24.8. The Labute approximate surface area is 233 Å².